The highest BCUT2D eigenvalue weighted by Crippen LogP contribution is 2.20. The average molecular weight is 413 g/mol. The zero-order valence-electron chi connectivity index (χ0n) is 13.0. The minimum atomic E-state index is 0.507. The van der Waals surface area contributed by atoms with Crippen LogP contribution in [0.25, 0.3) is 17.1 Å². The quantitative estimate of drug-likeness (QED) is 0.514. The Morgan fingerprint density at radius 1 is 1.04 bits per heavy atom. The Bertz CT molecular complexity index is 1050. The summed E-state index contributed by atoms with van der Waals surface area (Å²) < 4.78 is 3.44. The fourth-order valence-corrected chi connectivity index (χ4v) is 3.05. The second-order valence-corrected chi connectivity index (χ2v) is 6.74. The van der Waals surface area contributed by atoms with Gasteiger partial charge < -0.3 is 0 Å². The first-order valence-electron chi connectivity index (χ1n) is 7.59. The third-order valence-corrected chi connectivity index (χ3v) is 4.65. The van der Waals surface area contributed by atoms with Crippen LogP contribution in [-0.2, 0) is 6.54 Å². The smallest absolute Gasteiger partial charge is 0.209 e. The van der Waals surface area contributed by atoms with Crippen LogP contribution in [0.5, 0.6) is 0 Å². The van der Waals surface area contributed by atoms with Crippen molar-refractivity contribution in [3.8, 4) is 17.1 Å². The minimum Gasteiger partial charge on any atom is -0.299 e. The van der Waals surface area contributed by atoms with Gasteiger partial charge in [-0.1, -0.05) is 58.5 Å². The van der Waals surface area contributed by atoms with Gasteiger partial charge in [0.05, 0.1) is 17.8 Å². The Morgan fingerprint density at radius 2 is 1.80 bits per heavy atom. The van der Waals surface area contributed by atoms with Crippen LogP contribution in [0.1, 0.15) is 5.56 Å². The highest BCUT2D eigenvalue weighted by molar-refractivity contribution is 9.10. The van der Waals surface area contributed by atoms with Crippen LogP contribution >= 0.6 is 28.1 Å². The lowest BCUT2D eigenvalue weighted by Crippen LogP contribution is -2.03. The maximum Gasteiger partial charge on any atom is 0.209 e. The summed E-state index contributed by atoms with van der Waals surface area (Å²) in [4.78, 5) is 1.57. The Balaban J connectivity index is 1.63. The van der Waals surface area contributed by atoms with Gasteiger partial charge in [0.25, 0.3) is 0 Å². The summed E-state index contributed by atoms with van der Waals surface area (Å²) in [7, 11) is 0. The molecule has 0 unspecified atom stereocenters. The molecule has 0 fully saturated rings. The summed E-state index contributed by atoms with van der Waals surface area (Å²) in [5, 5.41) is 15.9. The molecule has 4 rings (SSSR count). The second-order valence-electron chi connectivity index (χ2n) is 5.43. The van der Waals surface area contributed by atoms with Crippen molar-refractivity contribution >= 4 is 28.1 Å². The highest BCUT2D eigenvalue weighted by atomic mass is 79.9. The van der Waals surface area contributed by atoms with Gasteiger partial charge in [-0.15, -0.1) is 10.2 Å². The summed E-state index contributed by atoms with van der Waals surface area (Å²) in [6.07, 6.45) is 1.80. The number of aromatic amines is 1. The van der Waals surface area contributed by atoms with E-state index in [1.807, 2.05) is 59.3 Å². The van der Waals surface area contributed by atoms with E-state index in [1.165, 1.54) is 0 Å². The number of aromatic nitrogens is 6. The summed E-state index contributed by atoms with van der Waals surface area (Å²) in [6, 6.07) is 17.9. The molecular weight excluding hydrogens is 400 g/mol. The van der Waals surface area contributed by atoms with Crippen molar-refractivity contribution in [3.05, 3.63) is 75.5 Å². The van der Waals surface area contributed by atoms with Crippen LogP contribution in [0.3, 0.4) is 0 Å². The number of halogens is 1. The highest BCUT2D eigenvalue weighted by Gasteiger charge is 2.12. The van der Waals surface area contributed by atoms with Crippen LogP contribution in [-0.4, -0.2) is 30.0 Å². The monoisotopic (exact) mass is 412 g/mol. The molecule has 0 spiro atoms. The third-order valence-electron chi connectivity index (χ3n) is 3.72. The molecule has 0 saturated carbocycles. The number of hydrogen-bond donors (Lipinski definition) is 1. The topological polar surface area (TPSA) is 64.3 Å². The van der Waals surface area contributed by atoms with E-state index in [4.69, 9.17) is 12.2 Å². The van der Waals surface area contributed by atoms with Gasteiger partial charge in [-0.25, -0.2) is 4.68 Å². The first-order valence-corrected chi connectivity index (χ1v) is 8.79. The molecule has 124 valence electrons. The molecule has 2 aromatic heterocycles. The molecule has 2 heterocycles. The predicted octanol–water partition coefficient (Wildman–Crippen LogP) is 4.00. The third kappa shape index (κ3) is 3.31. The maximum atomic E-state index is 5.56. The SMILES string of the molecule is S=c1c(-c2nnn(Cc3ccccc3)n2)c[nH]n1-c1ccc(Br)cc1. The number of benzene rings is 2. The summed E-state index contributed by atoms with van der Waals surface area (Å²) >= 11 is 9.00. The molecule has 0 atom stereocenters. The normalized spacial score (nSPS) is 10.9. The Morgan fingerprint density at radius 3 is 2.56 bits per heavy atom. The Labute approximate surface area is 157 Å². The lowest BCUT2D eigenvalue weighted by atomic mass is 10.2. The summed E-state index contributed by atoms with van der Waals surface area (Å²) in [6.45, 7) is 0.567. The predicted molar refractivity (Wildman–Crippen MR) is 101 cm³/mol. The number of rotatable bonds is 4. The van der Waals surface area contributed by atoms with E-state index in [-0.39, 0.29) is 0 Å². The molecule has 0 aliphatic carbocycles. The van der Waals surface area contributed by atoms with Crippen LogP contribution in [0.2, 0.25) is 0 Å². The molecule has 4 aromatic rings. The van der Waals surface area contributed by atoms with Gasteiger partial charge in [-0.2, -0.15) is 4.80 Å². The largest absolute Gasteiger partial charge is 0.299 e. The van der Waals surface area contributed by atoms with E-state index < -0.39 is 0 Å². The van der Waals surface area contributed by atoms with E-state index in [0.717, 1.165) is 21.3 Å². The molecule has 25 heavy (non-hydrogen) atoms. The second kappa shape index (κ2) is 6.73. The molecule has 2 aromatic carbocycles. The van der Waals surface area contributed by atoms with Crippen molar-refractivity contribution in [2.24, 2.45) is 0 Å². The van der Waals surface area contributed by atoms with Gasteiger partial charge in [0.2, 0.25) is 5.82 Å². The zero-order valence-corrected chi connectivity index (χ0v) is 15.4. The van der Waals surface area contributed by atoms with E-state index >= 15 is 0 Å². The van der Waals surface area contributed by atoms with Gasteiger partial charge in [-0.05, 0) is 35.0 Å². The number of H-pyrrole nitrogens is 1. The maximum absolute atomic E-state index is 5.56. The first-order chi connectivity index (χ1) is 12.2. The molecule has 0 radical (unpaired) electrons. The van der Waals surface area contributed by atoms with Gasteiger partial charge in [0, 0.05) is 10.7 Å². The van der Waals surface area contributed by atoms with Crippen LogP contribution in [0, 0.1) is 4.64 Å². The minimum absolute atomic E-state index is 0.507. The number of hydrogen-bond acceptors (Lipinski definition) is 4. The standard InChI is InChI=1S/C17H13BrN6S/c18-13-6-8-14(9-7-13)24-17(25)15(10-19-24)16-20-22-23(21-16)11-12-4-2-1-3-5-12/h1-10,19H,11H2. The van der Waals surface area contributed by atoms with Crippen LogP contribution < -0.4 is 0 Å². The molecular formula is C17H13BrN6S. The molecule has 0 amide bonds. The molecule has 0 bridgehead atoms. The van der Waals surface area contributed by atoms with E-state index in [0.29, 0.717) is 17.0 Å². The summed E-state index contributed by atoms with van der Waals surface area (Å²) in [5.74, 6) is 0.507. The molecule has 0 aliphatic heterocycles. The van der Waals surface area contributed by atoms with Crippen molar-refractivity contribution in [2.45, 2.75) is 6.54 Å². The van der Waals surface area contributed by atoms with Gasteiger partial charge in [0.1, 0.15) is 4.64 Å². The van der Waals surface area contributed by atoms with Crippen molar-refractivity contribution in [3.63, 3.8) is 0 Å². The van der Waals surface area contributed by atoms with Gasteiger partial charge in [-0.3, -0.25) is 5.10 Å². The van der Waals surface area contributed by atoms with Gasteiger partial charge in [0.15, 0.2) is 0 Å². The Kier molecular flexibility index (Phi) is 4.29. The summed E-state index contributed by atoms with van der Waals surface area (Å²) in [5.41, 5.74) is 2.80. The number of nitrogens with one attached hydrogen (secondary N) is 1. The molecule has 8 heteroatoms. The van der Waals surface area contributed by atoms with Crippen molar-refractivity contribution in [1.29, 1.82) is 0 Å². The van der Waals surface area contributed by atoms with E-state index in [1.54, 1.807) is 11.0 Å². The first kappa shape index (κ1) is 15.9. The van der Waals surface area contributed by atoms with E-state index in [9.17, 15) is 0 Å². The zero-order chi connectivity index (χ0) is 17.2. The van der Waals surface area contributed by atoms with E-state index in [2.05, 4.69) is 36.4 Å². The van der Waals surface area contributed by atoms with Gasteiger partial charge >= 0.3 is 0 Å². The lowest BCUT2D eigenvalue weighted by Gasteiger charge is -2.02. The fourth-order valence-electron chi connectivity index (χ4n) is 2.48. The lowest BCUT2D eigenvalue weighted by molar-refractivity contribution is 0.573. The van der Waals surface area contributed by atoms with Crippen molar-refractivity contribution < 1.29 is 0 Å². The van der Waals surface area contributed by atoms with Crippen LogP contribution in [0.4, 0.5) is 0 Å². The molecule has 1 N–H and O–H groups in total. The number of tetrazole rings is 1. The Hall–Kier alpha value is -2.58. The van der Waals surface area contributed by atoms with Crippen LogP contribution in [0.15, 0.2) is 65.3 Å². The number of nitrogens with zero attached hydrogens (tertiary/aromatic N) is 5. The molecule has 0 saturated heterocycles. The fraction of sp³-hybridized carbons (Fsp3) is 0.0588. The van der Waals surface area contributed by atoms with Crippen molar-refractivity contribution in [1.82, 2.24) is 30.0 Å². The molecule has 6 nitrogen and oxygen atoms in total. The molecule has 0 aliphatic rings. The average Bonchev–Trinajstić information content (AvgIpc) is 3.23. The van der Waals surface area contributed by atoms with Crippen molar-refractivity contribution in [2.75, 3.05) is 0 Å².